The lowest BCUT2D eigenvalue weighted by Gasteiger charge is -2.25. The van der Waals surface area contributed by atoms with Gasteiger partial charge in [-0.2, -0.15) is 0 Å². The van der Waals surface area contributed by atoms with Crippen LogP contribution < -0.4 is 9.47 Å². The number of benzene rings is 2. The van der Waals surface area contributed by atoms with Crippen molar-refractivity contribution in [3.8, 4) is 11.5 Å². The lowest BCUT2D eigenvalue weighted by atomic mass is 9.94. The monoisotopic (exact) mass is 411 g/mol. The van der Waals surface area contributed by atoms with Gasteiger partial charge in [0.25, 0.3) is 11.7 Å². The summed E-state index contributed by atoms with van der Waals surface area (Å²) in [6.07, 6.45) is 0. The highest BCUT2D eigenvalue weighted by Crippen LogP contribution is 2.43. The number of ketones is 1. The highest BCUT2D eigenvalue weighted by atomic mass is 16.5. The van der Waals surface area contributed by atoms with E-state index in [2.05, 4.69) is 4.74 Å². The lowest BCUT2D eigenvalue weighted by molar-refractivity contribution is -0.148. The maximum absolute atomic E-state index is 12.9. The zero-order valence-electron chi connectivity index (χ0n) is 16.7. The van der Waals surface area contributed by atoms with Gasteiger partial charge in [0, 0.05) is 17.2 Å². The van der Waals surface area contributed by atoms with E-state index < -0.39 is 30.2 Å². The van der Waals surface area contributed by atoms with Crippen LogP contribution in [0.2, 0.25) is 0 Å². The van der Waals surface area contributed by atoms with Crippen LogP contribution in [0.15, 0.2) is 54.1 Å². The van der Waals surface area contributed by atoms with Crippen molar-refractivity contribution in [3.63, 3.8) is 0 Å². The van der Waals surface area contributed by atoms with Crippen LogP contribution in [0.3, 0.4) is 0 Å². The number of nitrogens with zero attached hydrogens (tertiary/aromatic N) is 1. The molecule has 3 rings (SSSR count). The number of aliphatic hydroxyl groups excluding tert-OH is 1. The number of methoxy groups -OCH3 is 3. The molecule has 0 bridgehead atoms. The second kappa shape index (κ2) is 8.69. The van der Waals surface area contributed by atoms with Crippen molar-refractivity contribution in [2.24, 2.45) is 0 Å². The average Bonchev–Trinajstić information content (AvgIpc) is 3.03. The van der Waals surface area contributed by atoms with Gasteiger partial charge in [-0.25, -0.2) is 0 Å². The van der Waals surface area contributed by atoms with Crippen molar-refractivity contribution in [1.29, 1.82) is 0 Å². The van der Waals surface area contributed by atoms with Crippen LogP contribution in [0.25, 0.3) is 5.76 Å². The first-order chi connectivity index (χ1) is 14.4. The van der Waals surface area contributed by atoms with E-state index in [1.165, 1.54) is 21.3 Å². The molecule has 156 valence electrons. The summed E-state index contributed by atoms with van der Waals surface area (Å²) in [5, 5.41) is 10.9. The molecule has 1 amide bonds. The summed E-state index contributed by atoms with van der Waals surface area (Å²) in [7, 11) is 4.11. The van der Waals surface area contributed by atoms with Crippen molar-refractivity contribution in [1.82, 2.24) is 4.90 Å². The number of Topliss-reactive ketones (excluding diaryl/α,β-unsaturated/α-hetero) is 1. The van der Waals surface area contributed by atoms with Gasteiger partial charge < -0.3 is 24.2 Å². The van der Waals surface area contributed by atoms with Gasteiger partial charge in [-0.05, 0) is 12.1 Å². The minimum Gasteiger partial charge on any atom is -0.507 e. The van der Waals surface area contributed by atoms with Crippen molar-refractivity contribution >= 4 is 23.4 Å². The zero-order valence-corrected chi connectivity index (χ0v) is 16.7. The maximum atomic E-state index is 12.9. The molecule has 0 radical (unpaired) electrons. The molecule has 0 aromatic heterocycles. The molecule has 8 nitrogen and oxygen atoms in total. The Morgan fingerprint density at radius 3 is 2.33 bits per heavy atom. The van der Waals surface area contributed by atoms with Crippen LogP contribution in [0.1, 0.15) is 17.2 Å². The molecule has 8 heteroatoms. The third-order valence-corrected chi connectivity index (χ3v) is 4.85. The largest absolute Gasteiger partial charge is 0.507 e. The summed E-state index contributed by atoms with van der Waals surface area (Å²) >= 11 is 0. The smallest absolute Gasteiger partial charge is 0.325 e. The maximum Gasteiger partial charge on any atom is 0.325 e. The number of carbonyl (C=O) groups is 3. The Bertz CT molecular complexity index is 1010. The van der Waals surface area contributed by atoms with Crippen LogP contribution in [0, 0.1) is 0 Å². The first kappa shape index (κ1) is 20.9. The second-order valence-corrected chi connectivity index (χ2v) is 6.48. The van der Waals surface area contributed by atoms with Crippen molar-refractivity contribution in [2.75, 3.05) is 27.9 Å². The van der Waals surface area contributed by atoms with E-state index in [1.807, 2.05) is 0 Å². The number of likely N-dealkylation sites (tertiary alicyclic amines) is 1. The predicted octanol–water partition coefficient (Wildman–Crippen LogP) is 2.30. The number of hydrogen-bond acceptors (Lipinski definition) is 7. The Kier molecular flexibility index (Phi) is 6.06. The van der Waals surface area contributed by atoms with Gasteiger partial charge >= 0.3 is 5.97 Å². The fourth-order valence-electron chi connectivity index (χ4n) is 3.37. The van der Waals surface area contributed by atoms with Crippen molar-refractivity contribution in [2.45, 2.75) is 6.04 Å². The molecular weight excluding hydrogens is 390 g/mol. The quantitative estimate of drug-likeness (QED) is 0.337. The molecule has 2 aromatic carbocycles. The molecule has 2 aromatic rings. The minimum absolute atomic E-state index is 0.140. The van der Waals surface area contributed by atoms with Crippen LogP contribution >= 0.6 is 0 Å². The van der Waals surface area contributed by atoms with Gasteiger partial charge in [0.05, 0.1) is 32.9 Å². The van der Waals surface area contributed by atoms with Gasteiger partial charge in [0.1, 0.15) is 23.8 Å². The van der Waals surface area contributed by atoms with Crippen LogP contribution in [0.5, 0.6) is 11.5 Å². The first-order valence-electron chi connectivity index (χ1n) is 9.05. The third-order valence-electron chi connectivity index (χ3n) is 4.85. The summed E-state index contributed by atoms with van der Waals surface area (Å²) in [6.45, 7) is -0.466. The number of hydrogen-bond donors (Lipinski definition) is 1. The topological polar surface area (TPSA) is 102 Å². The fraction of sp³-hybridized carbons (Fsp3) is 0.227. The van der Waals surface area contributed by atoms with E-state index in [0.29, 0.717) is 22.6 Å². The summed E-state index contributed by atoms with van der Waals surface area (Å²) in [4.78, 5) is 38.7. The molecule has 0 saturated carbocycles. The van der Waals surface area contributed by atoms with Gasteiger partial charge in [-0.3, -0.25) is 14.4 Å². The minimum atomic E-state index is -1.05. The molecular formula is C22H21NO7. The van der Waals surface area contributed by atoms with Gasteiger partial charge in [0.15, 0.2) is 0 Å². The highest BCUT2D eigenvalue weighted by molar-refractivity contribution is 6.47. The molecule has 1 N–H and O–H groups in total. The molecule has 1 fully saturated rings. The third kappa shape index (κ3) is 3.71. The number of carbonyl (C=O) groups excluding carboxylic acids is 3. The van der Waals surface area contributed by atoms with E-state index in [0.717, 1.165) is 4.90 Å². The molecule has 1 saturated heterocycles. The Morgan fingerprint density at radius 2 is 1.73 bits per heavy atom. The van der Waals surface area contributed by atoms with Gasteiger partial charge in [0.2, 0.25) is 0 Å². The molecule has 1 atom stereocenters. The molecule has 1 heterocycles. The number of amides is 1. The molecule has 1 aliphatic rings. The molecule has 0 spiro atoms. The highest BCUT2D eigenvalue weighted by Gasteiger charge is 2.48. The first-order valence-corrected chi connectivity index (χ1v) is 9.05. The van der Waals surface area contributed by atoms with Crippen molar-refractivity contribution in [3.05, 3.63) is 65.2 Å². The standard InChI is InChI=1S/C22H21NO7/c1-28-14-9-10-15(16(11-14)29-2)19-18(20(25)13-7-5-4-6-8-13)21(26)22(27)23(19)12-17(24)30-3/h4-11,19,25H,12H2,1-3H3/t19-/m1/s1. The van der Waals surface area contributed by atoms with Crippen molar-refractivity contribution < 1.29 is 33.7 Å². The lowest BCUT2D eigenvalue weighted by Crippen LogP contribution is -2.35. The second-order valence-electron chi connectivity index (χ2n) is 6.48. The number of rotatable bonds is 6. The van der Waals surface area contributed by atoms with Crippen LogP contribution in [0.4, 0.5) is 0 Å². The molecule has 0 unspecified atom stereocenters. The fourth-order valence-corrected chi connectivity index (χ4v) is 3.37. The molecule has 30 heavy (non-hydrogen) atoms. The Hall–Kier alpha value is -3.81. The average molecular weight is 411 g/mol. The molecule has 1 aliphatic heterocycles. The summed E-state index contributed by atoms with van der Waals surface area (Å²) in [6, 6.07) is 12.2. The van der Waals surface area contributed by atoms with E-state index in [-0.39, 0.29) is 11.3 Å². The Labute approximate surface area is 173 Å². The summed E-state index contributed by atoms with van der Waals surface area (Å²) < 4.78 is 15.3. The number of esters is 1. The Morgan fingerprint density at radius 1 is 1.03 bits per heavy atom. The van der Waals surface area contributed by atoms with E-state index in [1.54, 1.807) is 48.5 Å². The van der Waals surface area contributed by atoms with Crippen LogP contribution in [-0.4, -0.2) is 55.5 Å². The summed E-state index contributed by atoms with van der Waals surface area (Å²) in [5.41, 5.74) is 0.642. The van der Waals surface area contributed by atoms with Gasteiger partial charge in [-0.15, -0.1) is 0 Å². The Balaban J connectivity index is 2.24. The molecule has 0 aliphatic carbocycles. The zero-order chi connectivity index (χ0) is 21.8. The normalized spacial score (nSPS) is 17.7. The number of ether oxygens (including phenoxy) is 3. The SMILES string of the molecule is COC(=O)CN1C(=O)C(=O)C(=C(O)c2ccccc2)[C@H]1c1ccc(OC)cc1OC. The van der Waals surface area contributed by atoms with E-state index >= 15 is 0 Å². The van der Waals surface area contributed by atoms with Gasteiger partial charge in [-0.1, -0.05) is 30.3 Å². The summed E-state index contributed by atoms with van der Waals surface area (Å²) in [5.74, 6) is -2.03. The van der Waals surface area contributed by atoms with E-state index in [4.69, 9.17) is 9.47 Å². The van der Waals surface area contributed by atoms with Crippen LogP contribution in [-0.2, 0) is 19.1 Å². The van der Waals surface area contributed by atoms with E-state index in [9.17, 15) is 19.5 Å². The predicted molar refractivity (Wildman–Crippen MR) is 107 cm³/mol. The number of aliphatic hydroxyl groups is 1.